The van der Waals surface area contributed by atoms with Crippen molar-refractivity contribution in [1.82, 2.24) is 9.97 Å². The third kappa shape index (κ3) is 3.22. The van der Waals surface area contributed by atoms with Gasteiger partial charge in [0.05, 0.1) is 5.56 Å². The van der Waals surface area contributed by atoms with Gasteiger partial charge in [-0.3, -0.25) is 9.78 Å². The van der Waals surface area contributed by atoms with Crippen LogP contribution in [0.3, 0.4) is 0 Å². The van der Waals surface area contributed by atoms with Gasteiger partial charge in [-0.25, -0.2) is 4.98 Å². The summed E-state index contributed by atoms with van der Waals surface area (Å²) in [5, 5.41) is 3.35. The second-order valence-electron chi connectivity index (χ2n) is 5.41. The first kappa shape index (κ1) is 15.4. The van der Waals surface area contributed by atoms with E-state index in [9.17, 15) is 4.79 Å². The summed E-state index contributed by atoms with van der Waals surface area (Å²) in [5.74, 6) is 0.249. The predicted octanol–water partition coefficient (Wildman–Crippen LogP) is 4.80. The van der Waals surface area contributed by atoms with E-state index in [-0.39, 0.29) is 5.91 Å². The van der Waals surface area contributed by atoms with Crippen LogP contribution in [0.1, 0.15) is 10.4 Å². The molecule has 0 saturated heterocycles. The van der Waals surface area contributed by atoms with Gasteiger partial charge in [0.25, 0.3) is 5.91 Å². The Kier molecular flexibility index (Phi) is 3.91. The molecule has 2 heterocycles. The SMILES string of the molecule is O=C(Nc1ccc2oc(-c3cccnc3)nc2c1)c1cccc(Cl)c1. The van der Waals surface area contributed by atoms with Crippen LogP contribution in [0.15, 0.2) is 71.4 Å². The molecule has 0 spiro atoms. The van der Waals surface area contributed by atoms with E-state index in [1.165, 1.54) is 0 Å². The van der Waals surface area contributed by atoms with Crippen molar-refractivity contribution in [3.8, 4) is 11.5 Å². The van der Waals surface area contributed by atoms with Gasteiger partial charge >= 0.3 is 0 Å². The zero-order chi connectivity index (χ0) is 17.2. The lowest BCUT2D eigenvalue weighted by Gasteiger charge is -2.05. The summed E-state index contributed by atoms with van der Waals surface area (Å²) in [6, 6.07) is 15.8. The van der Waals surface area contributed by atoms with Gasteiger partial charge in [0.1, 0.15) is 5.52 Å². The maximum atomic E-state index is 12.3. The molecule has 122 valence electrons. The quantitative estimate of drug-likeness (QED) is 0.577. The number of halogens is 1. The van der Waals surface area contributed by atoms with Crippen molar-refractivity contribution in [2.75, 3.05) is 5.32 Å². The van der Waals surface area contributed by atoms with Crippen molar-refractivity contribution in [2.45, 2.75) is 0 Å². The van der Waals surface area contributed by atoms with Crippen LogP contribution in [0, 0.1) is 0 Å². The number of fused-ring (bicyclic) bond motifs is 1. The first-order valence-corrected chi connectivity index (χ1v) is 7.95. The number of benzene rings is 2. The average molecular weight is 350 g/mol. The molecule has 0 aliphatic carbocycles. The van der Waals surface area contributed by atoms with Crippen molar-refractivity contribution >= 4 is 34.3 Å². The Morgan fingerprint density at radius 3 is 2.80 bits per heavy atom. The van der Waals surface area contributed by atoms with Crippen LogP contribution < -0.4 is 5.32 Å². The molecule has 4 aromatic rings. The minimum atomic E-state index is -0.238. The van der Waals surface area contributed by atoms with E-state index in [1.54, 1.807) is 54.9 Å². The molecule has 0 bridgehead atoms. The molecule has 0 fully saturated rings. The summed E-state index contributed by atoms with van der Waals surface area (Å²) in [6.45, 7) is 0. The van der Waals surface area contributed by atoms with Gasteiger partial charge in [0.15, 0.2) is 5.58 Å². The number of carbonyl (C=O) groups excluding carboxylic acids is 1. The highest BCUT2D eigenvalue weighted by molar-refractivity contribution is 6.31. The number of aromatic nitrogens is 2. The third-order valence-electron chi connectivity index (χ3n) is 3.64. The van der Waals surface area contributed by atoms with E-state index >= 15 is 0 Å². The summed E-state index contributed by atoms with van der Waals surface area (Å²) < 4.78 is 5.73. The van der Waals surface area contributed by atoms with Gasteiger partial charge in [-0.1, -0.05) is 17.7 Å². The van der Waals surface area contributed by atoms with E-state index in [2.05, 4.69) is 15.3 Å². The highest BCUT2D eigenvalue weighted by Crippen LogP contribution is 2.26. The maximum Gasteiger partial charge on any atom is 0.255 e. The van der Waals surface area contributed by atoms with Crippen LogP contribution in [0.4, 0.5) is 5.69 Å². The molecular weight excluding hydrogens is 338 g/mol. The number of oxazole rings is 1. The Hall–Kier alpha value is -3.18. The molecular formula is C19H12ClN3O2. The lowest BCUT2D eigenvalue weighted by Crippen LogP contribution is -2.11. The Morgan fingerprint density at radius 2 is 2.00 bits per heavy atom. The Balaban J connectivity index is 1.62. The molecule has 0 saturated carbocycles. The number of rotatable bonds is 3. The fourth-order valence-corrected chi connectivity index (χ4v) is 2.64. The van der Waals surface area contributed by atoms with Crippen molar-refractivity contribution in [3.05, 3.63) is 77.6 Å². The number of hydrogen-bond donors (Lipinski definition) is 1. The standard InChI is InChI=1S/C19H12ClN3O2/c20-14-5-1-3-12(9-14)18(24)22-15-6-7-17-16(10-15)23-19(25-17)13-4-2-8-21-11-13/h1-11H,(H,22,24). The lowest BCUT2D eigenvalue weighted by atomic mass is 10.2. The summed E-state index contributed by atoms with van der Waals surface area (Å²) >= 11 is 5.92. The van der Waals surface area contributed by atoms with E-state index < -0.39 is 0 Å². The monoisotopic (exact) mass is 349 g/mol. The van der Waals surface area contributed by atoms with E-state index in [0.29, 0.717) is 33.3 Å². The van der Waals surface area contributed by atoms with Crippen LogP contribution >= 0.6 is 11.6 Å². The molecule has 1 N–H and O–H groups in total. The van der Waals surface area contributed by atoms with Crippen LogP contribution in [-0.2, 0) is 0 Å². The van der Waals surface area contributed by atoms with Crippen LogP contribution in [-0.4, -0.2) is 15.9 Å². The molecule has 5 nitrogen and oxygen atoms in total. The minimum Gasteiger partial charge on any atom is -0.436 e. The summed E-state index contributed by atoms with van der Waals surface area (Å²) in [5.41, 5.74) is 3.21. The Labute approximate surface area is 148 Å². The zero-order valence-electron chi connectivity index (χ0n) is 12.9. The Bertz CT molecular complexity index is 1060. The van der Waals surface area contributed by atoms with Crippen molar-refractivity contribution < 1.29 is 9.21 Å². The number of nitrogens with zero attached hydrogens (tertiary/aromatic N) is 2. The van der Waals surface area contributed by atoms with E-state index in [1.807, 2.05) is 12.1 Å². The second kappa shape index (κ2) is 6.37. The number of hydrogen-bond acceptors (Lipinski definition) is 4. The molecule has 0 aliphatic heterocycles. The maximum absolute atomic E-state index is 12.3. The minimum absolute atomic E-state index is 0.238. The fourth-order valence-electron chi connectivity index (χ4n) is 2.45. The van der Waals surface area contributed by atoms with Gasteiger partial charge in [0.2, 0.25) is 5.89 Å². The van der Waals surface area contributed by atoms with Crippen LogP contribution in [0.5, 0.6) is 0 Å². The molecule has 0 unspecified atom stereocenters. The smallest absolute Gasteiger partial charge is 0.255 e. The molecule has 1 amide bonds. The van der Waals surface area contributed by atoms with Crippen LogP contribution in [0.25, 0.3) is 22.6 Å². The molecule has 4 rings (SSSR count). The Morgan fingerprint density at radius 1 is 1.08 bits per heavy atom. The molecule has 6 heteroatoms. The molecule has 0 aliphatic rings. The predicted molar refractivity (Wildman–Crippen MR) is 96.6 cm³/mol. The van der Waals surface area contributed by atoms with Gasteiger partial charge in [0, 0.05) is 28.7 Å². The summed E-state index contributed by atoms with van der Waals surface area (Å²) in [4.78, 5) is 20.8. The van der Waals surface area contributed by atoms with Crippen molar-refractivity contribution in [1.29, 1.82) is 0 Å². The third-order valence-corrected chi connectivity index (χ3v) is 3.88. The average Bonchev–Trinajstić information content (AvgIpc) is 3.06. The topological polar surface area (TPSA) is 68.0 Å². The summed E-state index contributed by atoms with van der Waals surface area (Å²) in [6.07, 6.45) is 3.38. The number of pyridine rings is 1. The normalized spacial score (nSPS) is 10.8. The largest absolute Gasteiger partial charge is 0.436 e. The van der Waals surface area contributed by atoms with Gasteiger partial charge in [-0.05, 0) is 48.5 Å². The number of nitrogens with one attached hydrogen (secondary N) is 1. The first-order chi connectivity index (χ1) is 12.2. The summed E-state index contributed by atoms with van der Waals surface area (Å²) in [7, 11) is 0. The number of carbonyl (C=O) groups is 1. The number of anilines is 1. The second-order valence-corrected chi connectivity index (χ2v) is 5.84. The van der Waals surface area contributed by atoms with Crippen molar-refractivity contribution in [2.24, 2.45) is 0 Å². The molecule has 2 aromatic heterocycles. The highest BCUT2D eigenvalue weighted by atomic mass is 35.5. The lowest BCUT2D eigenvalue weighted by molar-refractivity contribution is 0.102. The zero-order valence-corrected chi connectivity index (χ0v) is 13.7. The van der Waals surface area contributed by atoms with E-state index in [4.69, 9.17) is 16.0 Å². The molecule has 25 heavy (non-hydrogen) atoms. The molecule has 0 atom stereocenters. The molecule has 2 aromatic carbocycles. The highest BCUT2D eigenvalue weighted by Gasteiger charge is 2.11. The number of amides is 1. The first-order valence-electron chi connectivity index (χ1n) is 7.57. The van der Waals surface area contributed by atoms with Crippen LogP contribution in [0.2, 0.25) is 5.02 Å². The fraction of sp³-hybridized carbons (Fsp3) is 0. The van der Waals surface area contributed by atoms with Gasteiger partial charge < -0.3 is 9.73 Å². The van der Waals surface area contributed by atoms with Gasteiger partial charge in [-0.2, -0.15) is 0 Å². The van der Waals surface area contributed by atoms with Gasteiger partial charge in [-0.15, -0.1) is 0 Å². The molecule has 0 radical (unpaired) electrons. The van der Waals surface area contributed by atoms with E-state index in [0.717, 1.165) is 5.56 Å². The van der Waals surface area contributed by atoms with Crippen molar-refractivity contribution in [3.63, 3.8) is 0 Å².